The van der Waals surface area contributed by atoms with Crippen LogP contribution in [-0.4, -0.2) is 66.6 Å². The molecule has 0 aliphatic carbocycles. The van der Waals surface area contributed by atoms with Gasteiger partial charge in [-0.05, 0) is 61.1 Å². The van der Waals surface area contributed by atoms with E-state index >= 15 is 0 Å². The molecular formula is C24H29ClN4O3S. The Morgan fingerprint density at radius 1 is 1.09 bits per heavy atom. The lowest BCUT2D eigenvalue weighted by Crippen LogP contribution is -2.47. The lowest BCUT2D eigenvalue weighted by atomic mass is 10.0. The molecule has 2 aromatic carbocycles. The third-order valence-electron chi connectivity index (χ3n) is 5.42. The van der Waals surface area contributed by atoms with Gasteiger partial charge in [-0.15, -0.1) is 0 Å². The summed E-state index contributed by atoms with van der Waals surface area (Å²) >= 11 is 11.5. The van der Waals surface area contributed by atoms with Gasteiger partial charge in [0.1, 0.15) is 5.75 Å². The normalized spacial score (nSPS) is 14.2. The fraction of sp³-hybridized carbons (Fsp3) is 0.375. The second kappa shape index (κ2) is 11.4. The van der Waals surface area contributed by atoms with E-state index in [0.29, 0.717) is 41.0 Å². The van der Waals surface area contributed by atoms with E-state index in [4.69, 9.17) is 28.6 Å². The molecule has 176 valence electrons. The van der Waals surface area contributed by atoms with E-state index in [9.17, 15) is 9.59 Å². The van der Waals surface area contributed by atoms with Crippen molar-refractivity contribution in [3.63, 3.8) is 0 Å². The number of anilines is 1. The van der Waals surface area contributed by atoms with Crippen LogP contribution in [0.5, 0.6) is 5.75 Å². The summed E-state index contributed by atoms with van der Waals surface area (Å²) in [5.74, 6) is 0.565. The van der Waals surface area contributed by atoms with E-state index in [2.05, 4.69) is 29.4 Å². The van der Waals surface area contributed by atoms with Gasteiger partial charge in [0, 0.05) is 31.7 Å². The standard InChI is InChI=1S/C24H29ClN4O3S/c1-16(2)17-4-7-19(8-5-17)32-15-22(30)27-24(33)26-21-14-18(6-9-20(21)25)23(31)29-12-10-28(3)11-13-29/h4-9,14,16H,10-13,15H2,1-3H3,(H2,26,27,30,33). The highest BCUT2D eigenvalue weighted by molar-refractivity contribution is 7.80. The Labute approximate surface area is 205 Å². The number of hydrogen-bond acceptors (Lipinski definition) is 5. The zero-order valence-electron chi connectivity index (χ0n) is 19.1. The van der Waals surface area contributed by atoms with Gasteiger partial charge in [-0.3, -0.25) is 14.9 Å². The quantitative estimate of drug-likeness (QED) is 0.603. The van der Waals surface area contributed by atoms with Gasteiger partial charge in [0.25, 0.3) is 11.8 Å². The van der Waals surface area contributed by atoms with Crippen molar-refractivity contribution in [2.45, 2.75) is 19.8 Å². The first-order valence-electron chi connectivity index (χ1n) is 10.8. The number of amides is 2. The lowest BCUT2D eigenvalue weighted by molar-refractivity contribution is -0.121. The maximum Gasteiger partial charge on any atom is 0.264 e. The van der Waals surface area contributed by atoms with Crippen molar-refractivity contribution in [1.29, 1.82) is 0 Å². The molecule has 9 heteroatoms. The average Bonchev–Trinajstić information content (AvgIpc) is 2.79. The highest BCUT2D eigenvalue weighted by atomic mass is 35.5. The van der Waals surface area contributed by atoms with Gasteiger partial charge >= 0.3 is 0 Å². The van der Waals surface area contributed by atoms with Gasteiger partial charge < -0.3 is 19.9 Å². The number of nitrogens with one attached hydrogen (secondary N) is 2. The molecule has 0 atom stereocenters. The summed E-state index contributed by atoms with van der Waals surface area (Å²) in [5.41, 5.74) is 2.16. The summed E-state index contributed by atoms with van der Waals surface area (Å²) in [7, 11) is 2.04. The number of halogens is 1. The summed E-state index contributed by atoms with van der Waals surface area (Å²) in [6.45, 7) is 7.07. The number of carbonyl (C=O) groups excluding carboxylic acids is 2. The molecule has 1 fully saturated rings. The number of hydrogen-bond donors (Lipinski definition) is 2. The van der Waals surface area contributed by atoms with E-state index < -0.39 is 5.91 Å². The van der Waals surface area contributed by atoms with E-state index in [1.807, 2.05) is 36.2 Å². The molecule has 1 saturated heterocycles. The summed E-state index contributed by atoms with van der Waals surface area (Å²) in [5, 5.41) is 5.93. The smallest absolute Gasteiger partial charge is 0.264 e. The van der Waals surface area contributed by atoms with Crippen LogP contribution in [-0.2, 0) is 4.79 Å². The number of thiocarbonyl (C=S) groups is 1. The molecule has 0 aromatic heterocycles. The van der Waals surface area contributed by atoms with Gasteiger partial charge in [0.2, 0.25) is 0 Å². The zero-order valence-corrected chi connectivity index (χ0v) is 20.6. The van der Waals surface area contributed by atoms with Gasteiger partial charge in [-0.2, -0.15) is 0 Å². The van der Waals surface area contributed by atoms with E-state index in [1.54, 1.807) is 18.2 Å². The number of rotatable bonds is 6. The lowest BCUT2D eigenvalue weighted by Gasteiger charge is -2.32. The third-order valence-corrected chi connectivity index (χ3v) is 5.96. The molecule has 1 aliphatic heterocycles. The summed E-state index contributed by atoms with van der Waals surface area (Å²) < 4.78 is 5.52. The second-order valence-corrected chi connectivity index (χ2v) is 9.12. The van der Waals surface area contributed by atoms with Crippen LogP contribution in [0.3, 0.4) is 0 Å². The molecular weight excluding hydrogens is 460 g/mol. The van der Waals surface area contributed by atoms with Crippen LogP contribution in [0.15, 0.2) is 42.5 Å². The van der Waals surface area contributed by atoms with Crippen LogP contribution in [0.1, 0.15) is 35.7 Å². The Balaban J connectivity index is 1.53. The van der Waals surface area contributed by atoms with Crippen LogP contribution in [0.25, 0.3) is 0 Å². The van der Waals surface area contributed by atoms with Crippen LogP contribution in [0.4, 0.5) is 5.69 Å². The van der Waals surface area contributed by atoms with Crippen molar-refractivity contribution in [2.24, 2.45) is 0 Å². The Morgan fingerprint density at radius 2 is 1.76 bits per heavy atom. The molecule has 0 radical (unpaired) electrons. The number of benzene rings is 2. The third kappa shape index (κ3) is 7.15. The molecule has 2 aromatic rings. The van der Waals surface area contributed by atoms with Crippen LogP contribution in [0.2, 0.25) is 5.02 Å². The van der Waals surface area contributed by atoms with E-state index in [1.165, 1.54) is 5.56 Å². The molecule has 33 heavy (non-hydrogen) atoms. The second-order valence-electron chi connectivity index (χ2n) is 8.30. The molecule has 7 nitrogen and oxygen atoms in total. The van der Waals surface area contributed by atoms with Crippen molar-refractivity contribution in [3.05, 3.63) is 58.6 Å². The zero-order chi connectivity index (χ0) is 24.0. The fourth-order valence-electron chi connectivity index (χ4n) is 3.36. The molecule has 2 N–H and O–H groups in total. The summed E-state index contributed by atoms with van der Waals surface area (Å²) in [4.78, 5) is 29.1. The number of piperazine rings is 1. The average molecular weight is 489 g/mol. The molecule has 0 saturated carbocycles. The van der Waals surface area contributed by atoms with Crippen molar-refractivity contribution in [2.75, 3.05) is 45.2 Å². The molecule has 3 rings (SSSR count). The number of likely N-dealkylation sites (N-methyl/N-ethyl adjacent to an activating group) is 1. The summed E-state index contributed by atoms with van der Waals surface area (Å²) in [6.07, 6.45) is 0. The molecule has 1 aliphatic rings. The first-order valence-corrected chi connectivity index (χ1v) is 11.6. The van der Waals surface area contributed by atoms with Gasteiger partial charge in [0.15, 0.2) is 11.7 Å². The van der Waals surface area contributed by atoms with Crippen LogP contribution < -0.4 is 15.4 Å². The topological polar surface area (TPSA) is 73.9 Å². The monoisotopic (exact) mass is 488 g/mol. The van der Waals surface area contributed by atoms with Crippen molar-refractivity contribution < 1.29 is 14.3 Å². The first-order chi connectivity index (χ1) is 15.7. The molecule has 2 amide bonds. The molecule has 1 heterocycles. The number of ether oxygens (including phenoxy) is 1. The van der Waals surface area contributed by atoms with Gasteiger partial charge in [-0.1, -0.05) is 37.6 Å². The predicted molar refractivity (Wildman–Crippen MR) is 135 cm³/mol. The molecule has 0 bridgehead atoms. The maximum atomic E-state index is 12.8. The van der Waals surface area contributed by atoms with Crippen molar-refractivity contribution >= 4 is 46.4 Å². The van der Waals surface area contributed by atoms with Crippen LogP contribution in [0, 0.1) is 0 Å². The summed E-state index contributed by atoms with van der Waals surface area (Å²) in [6, 6.07) is 12.6. The molecule has 0 unspecified atom stereocenters. The predicted octanol–water partition coefficient (Wildman–Crippen LogP) is 3.74. The van der Waals surface area contributed by atoms with Gasteiger partial charge in [-0.25, -0.2) is 0 Å². The highest BCUT2D eigenvalue weighted by Gasteiger charge is 2.21. The van der Waals surface area contributed by atoms with Crippen molar-refractivity contribution in [3.8, 4) is 5.75 Å². The minimum atomic E-state index is -0.402. The Morgan fingerprint density at radius 3 is 2.39 bits per heavy atom. The fourth-order valence-corrected chi connectivity index (χ4v) is 3.75. The first kappa shape index (κ1) is 25.0. The minimum Gasteiger partial charge on any atom is -0.484 e. The number of nitrogens with zero attached hydrogens (tertiary/aromatic N) is 2. The SMILES string of the molecule is CC(C)c1ccc(OCC(=O)NC(=S)Nc2cc(C(=O)N3CCN(C)CC3)ccc2Cl)cc1. The van der Waals surface area contributed by atoms with Gasteiger partial charge in [0.05, 0.1) is 10.7 Å². The number of carbonyl (C=O) groups is 2. The van der Waals surface area contributed by atoms with Crippen LogP contribution >= 0.6 is 23.8 Å². The van der Waals surface area contributed by atoms with E-state index in [-0.39, 0.29) is 17.6 Å². The Bertz CT molecular complexity index is 1010. The highest BCUT2D eigenvalue weighted by Crippen LogP contribution is 2.24. The minimum absolute atomic E-state index is 0.0605. The Kier molecular flexibility index (Phi) is 8.66. The maximum absolute atomic E-state index is 12.8. The largest absolute Gasteiger partial charge is 0.484 e. The Hall–Kier alpha value is -2.68. The molecule has 0 spiro atoms. The van der Waals surface area contributed by atoms with E-state index in [0.717, 1.165) is 13.1 Å². The van der Waals surface area contributed by atoms with Crippen molar-refractivity contribution in [1.82, 2.24) is 15.1 Å².